The number of rotatable bonds is 7. The molecule has 1 fully saturated rings. The predicted molar refractivity (Wildman–Crippen MR) is 123 cm³/mol. The molecular formula is C23H23F3N2O4S2. The fraction of sp³-hybridized carbons (Fsp3) is 0.348. The summed E-state index contributed by atoms with van der Waals surface area (Å²) in [6.07, 6.45) is -3.33. The lowest BCUT2D eigenvalue weighted by Crippen LogP contribution is -2.39. The number of anilines is 1. The molecule has 1 aromatic heterocycles. The second-order valence-electron chi connectivity index (χ2n) is 7.90. The lowest BCUT2D eigenvalue weighted by molar-refractivity contribution is -0.274. The van der Waals surface area contributed by atoms with Crippen LogP contribution in [0.25, 0.3) is 0 Å². The Morgan fingerprint density at radius 2 is 1.79 bits per heavy atom. The summed E-state index contributed by atoms with van der Waals surface area (Å²) in [5.74, 6) is 0.341. The van der Waals surface area contributed by atoms with Crippen LogP contribution in [-0.4, -0.2) is 45.2 Å². The number of halogens is 3. The molecule has 0 N–H and O–H groups in total. The second-order valence-corrected chi connectivity index (χ2v) is 11.0. The van der Waals surface area contributed by atoms with Gasteiger partial charge < -0.3 is 14.4 Å². The van der Waals surface area contributed by atoms with Crippen LogP contribution in [0.2, 0.25) is 0 Å². The molecule has 1 aliphatic rings. The Balaban J connectivity index is 1.36. The molecule has 0 radical (unpaired) electrons. The van der Waals surface area contributed by atoms with Crippen molar-refractivity contribution in [3.8, 4) is 11.5 Å². The van der Waals surface area contributed by atoms with E-state index in [0.717, 1.165) is 46.4 Å². The first-order valence-corrected chi connectivity index (χ1v) is 13.0. The van der Waals surface area contributed by atoms with Gasteiger partial charge in [0.1, 0.15) is 11.5 Å². The number of sulfone groups is 1. The van der Waals surface area contributed by atoms with E-state index in [2.05, 4.69) is 9.64 Å². The Morgan fingerprint density at radius 3 is 2.44 bits per heavy atom. The van der Waals surface area contributed by atoms with Crippen molar-refractivity contribution in [2.45, 2.75) is 35.8 Å². The first-order valence-electron chi connectivity index (χ1n) is 10.6. The van der Waals surface area contributed by atoms with Gasteiger partial charge in [0.05, 0.1) is 22.9 Å². The molecule has 3 aromatic rings. The number of hydrogen-bond acceptors (Lipinski definition) is 7. The minimum Gasteiger partial charge on any atom is -0.497 e. The highest BCUT2D eigenvalue weighted by Crippen LogP contribution is 2.31. The van der Waals surface area contributed by atoms with E-state index in [9.17, 15) is 21.6 Å². The fourth-order valence-electron chi connectivity index (χ4n) is 3.90. The van der Waals surface area contributed by atoms with E-state index in [-0.39, 0.29) is 4.90 Å². The van der Waals surface area contributed by atoms with Gasteiger partial charge in [-0.2, -0.15) is 0 Å². The molecule has 182 valence electrons. The molecule has 2 heterocycles. The van der Waals surface area contributed by atoms with Crippen LogP contribution < -0.4 is 14.4 Å². The number of nitrogens with zero attached hydrogens (tertiary/aromatic N) is 2. The van der Waals surface area contributed by atoms with Gasteiger partial charge in [-0.3, -0.25) is 0 Å². The minimum absolute atomic E-state index is 0.00435. The van der Waals surface area contributed by atoms with E-state index in [1.807, 2.05) is 29.6 Å². The van der Waals surface area contributed by atoms with Crippen LogP contribution in [0, 0.1) is 0 Å². The molecule has 34 heavy (non-hydrogen) atoms. The van der Waals surface area contributed by atoms with Gasteiger partial charge in [-0.05, 0) is 54.8 Å². The molecule has 0 bridgehead atoms. The molecule has 0 spiro atoms. The molecule has 0 saturated carbocycles. The van der Waals surface area contributed by atoms with Crippen LogP contribution in [0.1, 0.15) is 24.1 Å². The monoisotopic (exact) mass is 512 g/mol. The molecule has 0 unspecified atom stereocenters. The van der Waals surface area contributed by atoms with Gasteiger partial charge in [0, 0.05) is 24.9 Å². The van der Waals surface area contributed by atoms with Gasteiger partial charge in [0.15, 0.2) is 15.0 Å². The van der Waals surface area contributed by atoms with E-state index in [4.69, 9.17) is 9.72 Å². The molecular weight excluding hydrogens is 489 g/mol. The minimum atomic E-state index is -4.82. The third-order valence-corrected chi connectivity index (χ3v) is 8.82. The second kappa shape index (κ2) is 9.83. The normalized spacial score (nSPS) is 15.4. The smallest absolute Gasteiger partial charge is 0.497 e. The molecule has 6 nitrogen and oxygen atoms in total. The van der Waals surface area contributed by atoms with E-state index >= 15 is 0 Å². The standard InChI is InChI=1S/C23H23F3N2O4S2/c1-31-19-4-2-3-16(14-19)13-17-15-33-22(27-17)28-11-9-21(10-12-28)34(29,30)20-7-5-18(6-8-20)32-23(24,25)26/h2-8,14-15,21H,9-13H2,1H3. The number of ether oxygens (including phenoxy) is 2. The van der Waals surface area contributed by atoms with Gasteiger partial charge in [0.2, 0.25) is 0 Å². The highest BCUT2D eigenvalue weighted by molar-refractivity contribution is 7.92. The van der Waals surface area contributed by atoms with Crippen molar-refractivity contribution in [3.63, 3.8) is 0 Å². The topological polar surface area (TPSA) is 68.7 Å². The molecule has 0 amide bonds. The van der Waals surface area contributed by atoms with Crippen molar-refractivity contribution < 1.29 is 31.1 Å². The largest absolute Gasteiger partial charge is 0.573 e. The van der Waals surface area contributed by atoms with Crippen molar-refractivity contribution in [1.29, 1.82) is 0 Å². The van der Waals surface area contributed by atoms with E-state index in [1.54, 1.807) is 7.11 Å². The summed E-state index contributed by atoms with van der Waals surface area (Å²) in [4.78, 5) is 6.79. The quantitative estimate of drug-likeness (QED) is 0.440. The van der Waals surface area contributed by atoms with Crippen LogP contribution in [0.3, 0.4) is 0 Å². The van der Waals surface area contributed by atoms with Crippen molar-refractivity contribution in [3.05, 3.63) is 65.2 Å². The first kappa shape index (κ1) is 24.3. The van der Waals surface area contributed by atoms with Crippen molar-refractivity contribution in [2.24, 2.45) is 0 Å². The molecule has 11 heteroatoms. The van der Waals surface area contributed by atoms with Gasteiger partial charge in [0.25, 0.3) is 0 Å². The van der Waals surface area contributed by atoms with Crippen LogP contribution in [0.4, 0.5) is 18.3 Å². The van der Waals surface area contributed by atoms with Gasteiger partial charge >= 0.3 is 6.36 Å². The number of methoxy groups -OCH3 is 1. The van der Waals surface area contributed by atoms with Gasteiger partial charge in [-0.25, -0.2) is 13.4 Å². The summed E-state index contributed by atoms with van der Waals surface area (Å²) in [6, 6.07) is 12.2. The van der Waals surface area contributed by atoms with Crippen molar-refractivity contribution in [1.82, 2.24) is 4.98 Å². The fourth-order valence-corrected chi connectivity index (χ4v) is 6.51. The zero-order chi connectivity index (χ0) is 24.3. The number of alkyl halides is 3. The van der Waals surface area contributed by atoms with Crippen molar-refractivity contribution in [2.75, 3.05) is 25.1 Å². The zero-order valence-electron chi connectivity index (χ0n) is 18.3. The molecule has 1 saturated heterocycles. The van der Waals surface area contributed by atoms with Crippen LogP contribution >= 0.6 is 11.3 Å². The van der Waals surface area contributed by atoms with Gasteiger partial charge in [-0.15, -0.1) is 24.5 Å². The third kappa shape index (κ3) is 5.82. The van der Waals surface area contributed by atoms with Gasteiger partial charge in [-0.1, -0.05) is 12.1 Å². The molecule has 2 aromatic carbocycles. The number of hydrogen-bond donors (Lipinski definition) is 0. The van der Waals surface area contributed by atoms with E-state index < -0.39 is 27.2 Å². The predicted octanol–water partition coefficient (Wildman–Crippen LogP) is 5.08. The maximum absolute atomic E-state index is 13.0. The van der Waals surface area contributed by atoms with E-state index in [0.29, 0.717) is 32.4 Å². The average Bonchev–Trinajstić information content (AvgIpc) is 3.27. The zero-order valence-corrected chi connectivity index (χ0v) is 19.9. The summed E-state index contributed by atoms with van der Waals surface area (Å²) < 4.78 is 72.0. The number of thiazole rings is 1. The lowest BCUT2D eigenvalue weighted by Gasteiger charge is -2.31. The Hall–Kier alpha value is -2.79. The Labute approximate surface area is 199 Å². The number of piperidine rings is 1. The summed E-state index contributed by atoms with van der Waals surface area (Å²) in [7, 11) is -2.04. The Kier molecular flexibility index (Phi) is 7.04. The highest BCUT2D eigenvalue weighted by Gasteiger charge is 2.33. The lowest BCUT2D eigenvalue weighted by atomic mass is 10.1. The Bertz CT molecular complexity index is 1220. The Morgan fingerprint density at radius 1 is 1.09 bits per heavy atom. The van der Waals surface area contributed by atoms with E-state index in [1.165, 1.54) is 11.3 Å². The summed E-state index contributed by atoms with van der Waals surface area (Å²) in [5.41, 5.74) is 2.02. The molecule has 0 aliphatic carbocycles. The molecule has 4 rings (SSSR count). The van der Waals surface area contributed by atoms with Crippen LogP contribution in [-0.2, 0) is 16.3 Å². The maximum Gasteiger partial charge on any atom is 0.573 e. The average molecular weight is 513 g/mol. The first-order chi connectivity index (χ1) is 16.1. The molecule has 0 atom stereocenters. The SMILES string of the molecule is COc1cccc(Cc2csc(N3CCC(S(=O)(=O)c4ccc(OC(F)(F)F)cc4)CC3)n2)c1. The molecule has 1 aliphatic heterocycles. The number of aromatic nitrogens is 1. The van der Waals surface area contributed by atoms with Crippen LogP contribution in [0.5, 0.6) is 11.5 Å². The maximum atomic E-state index is 13.0. The van der Waals surface area contributed by atoms with Crippen LogP contribution in [0.15, 0.2) is 58.8 Å². The summed E-state index contributed by atoms with van der Waals surface area (Å²) in [6.45, 7) is 1.07. The van der Waals surface area contributed by atoms with Crippen molar-refractivity contribution >= 4 is 26.3 Å². The number of benzene rings is 2. The third-order valence-electron chi connectivity index (χ3n) is 5.60. The highest BCUT2D eigenvalue weighted by atomic mass is 32.2. The summed E-state index contributed by atoms with van der Waals surface area (Å²) >= 11 is 1.52. The summed E-state index contributed by atoms with van der Waals surface area (Å²) in [5, 5.41) is 2.25.